The van der Waals surface area contributed by atoms with E-state index < -0.39 is 0 Å². The van der Waals surface area contributed by atoms with Crippen LogP contribution >= 0.6 is 36.1 Å². The molecule has 13 heavy (non-hydrogen) atoms. The van der Waals surface area contributed by atoms with Gasteiger partial charge in [-0.1, -0.05) is 48.6 Å². The standard InChI is InChI=1S/2C5H5.2HI.Zr/c2*1-2-4-5-3-1;;;/h2*1-5H;2*1H;/q;;;;+2/p-2. The summed E-state index contributed by atoms with van der Waals surface area (Å²) >= 11 is 5.06. The predicted octanol–water partition coefficient (Wildman–Crippen LogP) is 4.40. The molecule has 0 amide bonds. The third-order valence-corrected chi connectivity index (χ3v) is 1.11. The first-order chi connectivity index (χ1) is 6.41. The molecule has 0 spiro atoms. The minimum atomic E-state index is 0.170. The van der Waals surface area contributed by atoms with Gasteiger partial charge < -0.3 is 0 Å². The van der Waals surface area contributed by atoms with E-state index in [1.807, 2.05) is 61.4 Å². The Bertz CT molecular complexity index is 163. The minimum absolute atomic E-state index is 0.170. The molecule has 0 fully saturated rings. The van der Waals surface area contributed by atoms with Crippen molar-refractivity contribution < 1.29 is 14.9 Å². The average molecular weight is 475 g/mol. The Hall–Kier alpha value is 1.30. The summed E-state index contributed by atoms with van der Waals surface area (Å²) in [6.45, 7) is 0. The van der Waals surface area contributed by atoms with Crippen LogP contribution in [0.25, 0.3) is 0 Å². The van der Waals surface area contributed by atoms with Gasteiger partial charge in [-0.05, 0) is 0 Å². The van der Waals surface area contributed by atoms with E-state index >= 15 is 0 Å². The molecule has 2 radical (unpaired) electrons. The molecule has 0 bridgehead atoms. The van der Waals surface area contributed by atoms with Crippen LogP contribution in [-0.4, -0.2) is 0 Å². The average Bonchev–Trinajstić information content (AvgIpc) is 2.85. The van der Waals surface area contributed by atoms with E-state index in [2.05, 4.69) is 36.1 Å². The first-order valence-electron chi connectivity index (χ1n) is 3.71. The summed E-state index contributed by atoms with van der Waals surface area (Å²) in [6.07, 6.45) is 20.0. The first-order valence-corrected chi connectivity index (χ1v) is 18.3. The van der Waals surface area contributed by atoms with E-state index in [0.717, 1.165) is 0 Å². The van der Waals surface area contributed by atoms with Gasteiger partial charge in [0.25, 0.3) is 0 Å². The number of rotatable bonds is 0. The van der Waals surface area contributed by atoms with E-state index in [1.54, 1.807) is 0 Å². The molecule has 2 aliphatic carbocycles. The van der Waals surface area contributed by atoms with Crippen molar-refractivity contribution in [1.29, 1.82) is 0 Å². The zero-order chi connectivity index (χ0) is 9.78. The van der Waals surface area contributed by atoms with Gasteiger partial charge in [0.2, 0.25) is 0 Å². The number of hydrogen-bond donors (Lipinski definition) is 0. The molecule has 0 N–H and O–H groups in total. The zero-order valence-electron chi connectivity index (χ0n) is 7.03. The maximum absolute atomic E-state index is 2.45. The molecular formula is C10H10I2Zr. The molecule has 0 aromatic carbocycles. The number of allylic oxidation sites excluding steroid dienone is 8. The van der Waals surface area contributed by atoms with Crippen LogP contribution in [0.3, 0.4) is 0 Å². The molecule has 3 heteroatoms. The van der Waals surface area contributed by atoms with Gasteiger partial charge in [-0.15, -0.1) is 0 Å². The fourth-order valence-corrected chi connectivity index (χ4v) is 0.642. The van der Waals surface area contributed by atoms with Crippen LogP contribution in [0.2, 0.25) is 0 Å². The third-order valence-electron chi connectivity index (χ3n) is 1.11. The second-order valence-electron chi connectivity index (χ2n) is 2.00. The van der Waals surface area contributed by atoms with Gasteiger partial charge in [0.1, 0.15) is 0 Å². The molecule has 0 aromatic heterocycles. The Labute approximate surface area is 111 Å². The maximum atomic E-state index is 2.45. The zero-order valence-corrected chi connectivity index (χ0v) is 13.8. The first kappa shape index (κ1) is 14.3. The summed E-state index contributed by atoms with van der Waals surface area (Å²) in [4.78, 5) is 0. The van der Waals surface area contributed by atoms with Crippen molar-refractivity contribution in [3.8, 4) is 0 Å². The monoisotopic (exact) mass is 474 g/mol. The summed E-state index contributed by atoms with van der Waals surface area (Å²) in [5.41, 5.74) is 0. The fourth-order valence-electron chi connectivity index (χ4n) is 0.642. The van der Waals surface area contributed by atoms with E-state index in [1.165, 1.54) is 0 Å². The van der Waals surface area contributed by atoms with Gasteiger partial charge in [-0.2, -0.15) is 0 Å². The van der Waals surface area contributed by atoms with Crippen molar-refractivity contribution >= 4 is 36.1 Å². The molecular weight excluding hydrogens is 465 g/mol. The number of hydrogen-bond acceptors (Lipinski definition) is 0. The van der Waals surface area contributed by atoms with Crippen LogP contribution in [-0.2, 0) is 14.9 Å². The van der Waals surface area contributed by atoms with Crippen molar-refractivity contribution in [2.45, 2.75) is 0 Å². The molecule has 0 saturated carbocycles. The van der Waals surface area contributed by atoms with Crippen LogP contribution in [0.15, 0.2) is 48.6 Å². The summed E-state index contributed by atoms with van der Waals surface area (Å²) in [7, 11) is 0. The molecule has 2 rings (SSSR count). The van der Waals surface area contributed by atoms with Gasteiger partial charge in [0, 0.05) is 12.8 Å². The van der Waals surface area contributed by atoms with Crippen molar-refractivity contribution in [3.63, 3.8) is 0 Å². The molecule has 0 aliphatic heterocycles. The van der Waals surface area contributed by atoms with E-state index in [-0.39, 0.29) is 14.9 Å². The molecule has 0 aromatic rings. The summed E-state index contributed by atoms with van der Waals surface area (Å²) in [6, 6.07) is 0. The van der Waals surface area contributed by atoms with E-state index in [9.17, 15) is 0 Å². The Morgan fingerprint density at radius 2 is 0.769 bits per heavy atom. The van der Waals surface area contributed by atoms with Gasteiger partial charge in [0.15, 0.2) is 0 Å². The number of halogens is 2. The molecule has 68 valence electrons. The Morgan fingerprint density at radius 3 is 0.846 bits per heavy atom. The van der Waals surface area contributed by atoms with Crippen LogP contribution < -0.4 is 0 Å². The molecule has 0 saturated heterocycles. The van der Waals surface area contributed by atoms with Crippen molar-refractivity contribution in [3.05, 3.63) is 61.4 Å². The van der Waals surface area contributed by atoms with Crippen molar-refractivity contribution in [2.75, 3.05) is 0 Å². The van der Waals surface area contributed by atoms with E-state index in [0.29, 0.717) is 0 Å². The molecule has 0 atom stereocenters. The Morgan fingerprint density at radius 1 is 0.538 bits per heavy atom. The van der Waals surface area contributed by atoms with Gasteiger partial charge in [-0.3, -0.25) is 0 Å². The van der Waals surface area contributed by atoms with Crippen LogP contribution in [0, 0.1) is 12.8 Å². The quantitative estimate of drug-likeness (QED) is 0.456. The Kier molecular flexibility index (Phi) is 14.6. The van der Waals surface area contributed by atoms with Gasteiger partial charge in [-0.25, -0.2) is 0 Å². The molecule has 0 unspecified atom stereocenters. The van der Waals surface area contributed by atoms with Crippen LogP contribution in [0.5, 0.6) is 0 Å². The third kappa shape index (κ3) is 13.3. The molecule has 0 heterocycles. The predicted molar refractivity (Wildman–Crippen MR) is 73.2 cm³/mol. The second-order valence-corrected chi connectivity index (χ2v) is 20.9. The molecule has 2 aliphatic rings. The summed E-state index contributed by atoms with van der Waals surface area (Å²) in [5.74, 6) is 0. The van der Waals surface area contributed by atoms with Crippen LogP contribution in [0.4, 0.5) is 0 Å². The van der Waals surface area contributed by atoms with Crippen LogP contribution in [0.1, 0.15) is 0 Å². The fraction of sp³-hybridized carbons (Fsp3) is 0. The summed E-state index contributed by atoms with van der Waals surface area (Å²) < 4.78 is 0. The van der Waals surface area contributed by atoms with Crippen molar-refractivity contribution in [2.24, 2.45) is 0 Å². The second kappa shape index (κ2) is 13.3. The Balaban J connectivity index is 0.000000174. The summed E-state index contributed by atoms with van der Waals surface area (Å²) in [5, 5.41) is 0. The normalized spacial score (nSPS) is 14.6. The molecule has 0 nitrogen and oxygen atoms in total. The van der Waals surface area contributed by atoms with Crippen molar-refractivity contribution in [1.82, 2.24) is 0 Å². The van der Waals surface area contributed by atoms with E-state index in [4.69, 9.17) is 0 Å². The topological polar surface area (TPSA) is 0 Å². The van der Waals surface area contributed by atoms with Gasteiger partial charge in [0.05, 0.1) is 0 Å². The van der Waals surface area contributed by atoms with Gasteiger partial charge >= 0.3 is 50.9 Å². The SMILES string of the molecule is [CH]1C=CC=C1.[CH]1C=CC=C1.[I][Zr][I].